The summed E-state index contributed by atoms with van der Waals surface area (Å²) in [6, 6.07) is 11.8. The van der Waals surface area contributed by atoms with Crippen LogP contribution in [0, 0.1) is 24.2 Å². The molecule has 1 fully saturated rings. The Hall–Kier alpha value is -2.95. The second kappa shape index (κ2) is 9.46. The molecule has 0 aliphatic carbocycles. The van der Waals surface area contributed by atoms with Crippen LogP contribution in [-0.4, -0.2) is 29.0 Å². The summed E-state index contributed by atoms with van der Waals surface area (Å²) >= 11 is 7.71. The molecule has 0 saturated carbocycles. The highest BCUT2D eigenvalue weighted by Crippen LogP contribution is 2.26. The molecule has 1 N–H and O–H groups in total. The van der Waals surface area contributed by atoms with E-state index < -0.39 is 0 Å². The maximum Gasteiger partial charge on any atom is 0.229 e. The van der Waals surface area contributed by atoms with Crippen molar-refractivity contribution in [2.75, 3.05) is 23.3 Å². The lowest BCUT2D eigenvalue weighted by Crippen LogP contribution is -2.38. The number of anilines is 2. The average Bonchev–Trinajstić information content (AvgIpc) is 3.23. The van der Waals surface area contributed by atoms with E-state index in [1.165, 1.54) is 11.3 Å². The van der Waals surface area contributed by atoms with Gasteiger partial charge in [-0.15, -0.1) is 11.3 Å². The van der Waals surface area contributed by atoms with Crippen molar-refractivity contribution in [3.63, 3.8) is 0 Å². The van der Waals surface area contributed by atoms with Crippen molar-refractivity contribution in [2.45, 2.75) is 26.2 Å². The summed E-state index contributed by atoms with van der Waals surface area (Å²) < 4.78 is 0. The molecule has 4 rings (SSSR count). The number of amides is 1. The zero-order valence-electron chi connectivity index (χ0n) is 17.1. The minimum Gasteiger partial charge on any atom is -0.357 e. The molecule has 0 bridgehead atoms. The minimum atomic E-state index is -0.0436. The highest BCUT2D eigenvalue weighted by atomic mass is 35.5. The number of nitrogens with zero attached hydrogens (tertiary/aromatic N) is 4. The number of aromatic nitrogens is 2. The number of nitrogens with one attached hydrogen (secondary N) is 1. The third-order valence-electron chi connectivity index (χ3n) is 5.47. The van der Waals surface area contributed by atoms with Crippen molar-refractivity contribution < 1.29 is 4.79 Å². The zero-order chi connectivity index (χ0) is 21.8. The molecule has 1 aliphatic heterocycles. The normalized spacial score (nSPS) is 14.3. The molecule has 0 spiro atoms. The van der Waals surface area contributed by atoms with E-state index in [0.717, 1.165) is 59.2 Å². The van der Waals surface area contributed by atoms with Crippen LogP contribution in [0.4, 0.5) is 10.9 Å². The van der Waals surface area contributed by atoms with Crippen molar-refractivity contribution in [3.8, 4) is 6.07 Å². The molecule has 158 valence electrons. The van der Waals surface area contributed by atoms with Crippen LogP contribution in [0.3, 0.4) is 0 Å². The van der Waals surface area contributed by atoms with Gasteiger partial charge < -0.3 is 10.2 Å². The zero-order valence-corrected chi connectivity index (χ0v) is 18.7. The summed E-state index contributed by atoms with van der Waals surface area (Å²) in [6.07, 6.45) is 5.65. The quantitative estimate of drug-likeness (QED) is 0.601. The summed E-state index contributed by atoms with van der Waals surface area (Å²) in [5.74, 6) is 0.822. The van der Waals surface area contributed by atoms with Crippen molar-refractivity contribution in [1.29, 1.82) is 5.26 Å². The Bertz CT molecular complexity index is 1110. The van der Waals surface area contributed by atoms with E-state index in [1.54, 1.807) is 12.3 Å². The first kappa shape index (κ1) is 21.3. The molecule has 0 unspecified atom stereocenters. The number of hydrogen-bond acceptors (Lipinski definition) is 6. The van der Waals surface area contributed by atoms with Gasteiger partial charge in [0.1, 0.15) is 11.9 Å². The number of carbonyl (C=O) groups is 1. The Balaban J connectivity index is 1.30. The van der Waals surface area contributed by atoms with Crippen molar-refractivity contribution >= 4 is 39.8 Å². The Labute approximate surface area is 190 Å². The summed E-state index contributed by atoms with van der Waals surface area (Å²) in [7, 11) is 0. The van der Waals surface area contributed by atoms with Gasteiger partial charge in [0.15, 0.2) is 5.13 Å². The van der Waals surface area contributed by atoms with Gasteiger partial charge >= 0.3 is 0 Å². The summed E-state index contributed by atoms with van der Waals surface area (Å²) in [6.45, 7) is 3.50. The Morgan fingerprint density at radius 2 is 2.06 bits per heavy atom. The number of rotatable bonds is 5. The summed E-state index contributed by atoms with van der Waals surface area (Å²) in [4.78, 5) is 24.7. The summed E-state index contributed by atoms with van der Waals surface area (Å²) in [5, 5.41) is 13.3. The predicted octanol–water partition coefficient (Wildman–Crippen LogP) is 4.82. The first-order chi connectivity index (χ1) is 15.0. The molecule has 0 radical (unpaired) electrons. The molecular weight excluding hydrogens is 430 g/mol. The third-order valence-corrected chi connectivity index (χ3v) is 6.78. The van der Waals surface area contributed by atoms with Gasteiger partial charge in [-0.25, -0.2) is 9.97 Å². The van der Waals surface area contributed by atoms with E-state index in [2.05, 4.69) is 32.3 Å². The smallest absolute Gasteiger partial charge is 0.229 e. The molecule has 1 saturated heterocycles. The van der Waals surface area contributed by atoms with Gasteiger partial charge in [-0.1, -0.05) is 23.7 Å². The Morgan fingerprint density at radius 1 is 1.26 bits per heavy atom. The lowest BCUT2D eigenvalue weighted by atomic mass is 9.96. The fraction of sp³-hybridized carbons (Fsp3) is 0.304. The molecular formula is C23H22ClN5OS. The number of nitriles is 1. The van der Waals surface area contributed by atoms with E-state index in [-0.39, 0.29) is 11.8 Å². The molecule has 1 aromatic carbocycles. The molecule has 2 aromatic heterocycles. The van der Waals surface area contributed by atoms with Crippen LogP contribution in [0.1, 0.15) is 34.4 Å². The molecule has 1 aliphatic rings. The number of carbonyl (C=O) groups excluding carboxylic acids is 1. The monoisotopic (exact) mass is 451 g/mol. The van der Waals surface area contributed by atoms with E-state index in [1.807, 2.05) is 31.3 Å². The van der Waals surface area contributed by atoms with E-state index in [4.69, 9.17) is 16.9 Å². The minimum absolute atomic E-state index is 0.0201. The number of pyridine rings is 1. The van der Waals surface area contributed by atoms with Crippen molar-refractivity contribution in [2.24, 2.45) is 5.92 Å². The van der Waals surface area contributed by atoms with E-state index in [9.17, 15) is 4.79 Å². The largest absolute Gasteiger partial charge is 0.357 e. The van der Waals surface area contributed by atoms with Crippen LogP contribution in [0.25, 0.3) is 0 Å². The maximum atomic E-state index is 12.7. The number of aryl methyl sites for hydroxylation is 1. The van der Waals surface area contributed by atoms with Crippen LogP contribution in [0.15, 0.2) is 42.7 Å². The van der Waals surface area contributed by atoms with E-state index in [0.29, 0.717) is 10.7 Å². The third kappa shape index (κ3) is 5.22. The highest BCUT2D eigenvalue weighted by Gasteiger charge is 2.26. The summed E-state index contributed by atoms with van der Waals surface area (Å²) in [5.41, 5.74) is 2.73. The van der Waals surface area contributed by atoms with Gasteiger partial charge in [0.25, 0.3) is 0 Å². The van der Waals surface area contributed by atoms with Crippen LogP contribution in [-0.2, 0) is 11.2 Å². The molecule has 8 heteroatoms. The van der Waals surface area contributed by atoms with Crippen LogP contribution < -0.4 is 10.2 Å². The number of thiazole rings is 1. The highest BCUT2D eigenvalue weighted by molar-refractivity contribution is 7.15. The van der Waals surface area contributed by atoms with Gasteiger partial charge in [0, 0.05) is 47.7 Å². The van der Waals surface area contributed by atoms with Gasteiger partial charge in [-0.2, -0.15) is 5.26 Å². The molecule has 1 amide bonds. The van der Waals surface area contributed by atoms with E-state index >= 15 is 0 Å². The van der Waals surface area contributed by atoms with Crippen molar-refractivity contribution in [3.05, 3.63) is 69.3 Å². The predicted molar refractivity (Wildman–Crippen MR) is 124 cm³/mol. The molecule has 31 heavy (non-hydrogen) atoms. The van der Waals surface area contributed by atoms with Gasteiger partial charge in [-0.3, -0.25) is 4.79 Å². The number of benzene rings is 1. The van der Waals surface area contributed by atoms with Crippen LogP contribution >= 0.6 is 22.9 Å². The molecule has 6 nitrogen and oxygen atoms in total. The fourth-order valence-electron chi connectivity index (χ4n) is 3.61. The second-order valence-electron chi connectivity index (χ2n) is 7.66. The topological polar surface area (TPSA) is 81.9 Å². The molecule has 3 heterocycles. The first-order valence-corrected chi connectivity index (χ1v) is 11.3. The van der Waals surface area contributed by atoms with Gasteiger partial charge in [0.05, 0.1) is 5.56 Å². The van der Waals surface area contributed by atoms with Crippen molar-refractivity contribution in [1.82, 2.24) is 9.97 Å². The first-order valence-electron chi connectivity index (χ1n) is 10.1. The second-order valence-corrected chi connectivity index (χ2v) is 9.18. The average molecular weight is 452 g/mol. The lowest BCUT2D eigenvalue weighted by molar-refractivity contribution is -0.120. The SMILES string of the molecule is Cc1ccc(Cc2cnc(NC(=O)C3CCN(c4ccc(C#N)cn4)CC3)s2)cc1Cl. The van der Waals surface area contributed by atoms with Crippen LogP contribution in [0.2, 0.25) is 5.02 Å². The Morgan fingerprint density at radius 3 is 2.74 bits per heavy atom. The van der Waals surface area contributed by atoms with Crippen LogP contribution in [0.5, 0.6) is 0 Å². The molecule has 3 aromatic rings. The fourth-order valence-corrected chi connectivity index (χ4v) is 4.66. The lowest BCUT2D eigenvalue weighted by Gasteiger charge is -2.31. The number of piperidine rings is 1. The van der Waals surface area contributed by atoms with Gasteiger partial charge in [0.2, 0.25) is 5.91 Å². The number of hydrogen-bond donors (Lipinski definition) is 1. The van der Waals surface area contributed by atoms with Gasteiger partial charge in [-0.05, 0) is 49.1 Å². The Kier molecular flexibility index (Phi) is 6.50. The standard InChI is InChI=1S/C23H22ClN5OS/c1-15-2-3-16(11-20(15)24)10-19-14-27-23(31-19)28-22(30)18-6-8-29(9-7-18)21-5-4-17(12-25)13-26-21/h2-5,11,13-14,18H,6-10H2,1H3,(H,27,28,30). The maximum absolute atomic E-state index is 12.7. The molecule has 0 atom stereocenters. The number of halogens is 1.